The van der Waals surface area contributed by atoms with Crippen molar-refractivity contribution in [2.75, 3.05) is 11.9 Å². The van der Waals surface area contributed by atoms with Crippen LogP contribution in [0.5, 0.6) is 5.75 Å². The molecule has 9 nitrogen and oxygen atoms in total. The Morgan fingerprint density at radius 1 is 1.54 bits per heavy atom. The SMILES string of the molecule is CC(C)COc1ccc(C(=O)O)cc1NC=C(C#N)c1nn[nH]n1. The molecule has 3 N–H and O–H groups in total. The molecular weight excluding hydrogens is 312 g/mol. The molecule has 0 saturated carbocycles. The number of nitriles is 1. The third-order valence-corrected chi connectivity index (χ3v) is 2.88. The molecule has 1 aromatic carbocycles. The summed E-state index contributed by atoms with van der Waals surface area (Å²) in [6, 6.07) is 6.40. The number of nitrogens with one attached hydrogen (secondary N) is 2. The van der Waals surface area contributed by atoms with E-state index in [1.807, 2.05) is 19.9 Å². The fourth-order valence-corrected chi connectivity index (χ4v) is 1.73. The van der Waals surface area contributed by atoms with Crippen LogP contribution < -0.4 is 10.1 Å². The number of allylic oxidation sites excluding steroid dienone is 1. The molecule has 124 valence electrons. The summed E-state index contributed by atoms with van der Waals surface area (Å²) in [6.45, 7) is 4.48. The van der Waals surface area contributed by atoms with Crippen LogP contribution >= 0.6 is 0 Å². The number of tetrazole rings is 1. The van der Waals surface area contributed by atoms with Crippen LogP contribution in [0.2, 0.25) is 0 Å². The van der Waals surface area contributed by atoms with Crippen LogP contribution in [-0.4, -0.2) is 38.3 Å². The van der Waals surface area contributed by atoms with Gasteiger partial charge in [-0.1, -0.05) is 13.8 Å². The lowest BCUT2D eigenvalue weighted by Crippen LogP contribution is -2.07. The van der Waals surface area contributed by atoms with E-state index in [1.54, 1.807) is 6.07 Å². The van der Waals surface area contributed by atoms with Gasteiger partial charge in [-0.15, -0.1) is 10.2 Å². The van der Waals surface area contributed by atoms with Crippen LogP contribution in [0.3, 0.4) is 0 Å². The smallest absolute Gasteiger partial charge is 0.335 e. The summed E-state index contributed by atoms with van der Waals surface area (Å²) in [7, 11) is 0. The maximum Gasteiger partial charge on any atom is 0.335 e. The molecule has 2 rings (SSSR count). The van der Waals surface area contributed by atoms with Gasteiger partial charge in [-0.25, -0.2) is 4.79 Å². The van der Waals surface area contributed by atoms with Crippen molar-refractivity contribution in [2.45, 2.75) is 13.8 Å². The molecule has 0 saturated heterocycles. The number of anilines is 1. The van der Waals surface area contributed by atoms with Crippen molar-refractivity contribution in [1.29, 1.82) is 5.26 Å². The molecule has 0 fully saturated rings. The number of carboxylic acids is 1. The lowest BCUT2D eigenvalue weighted by Gasteiger charge is -2.13. The molecular formula is C15H16N6O3. The summed E-state index contributed by atoms with van der Waals surface area (Å²) in [6.07, 6.45) is 1.37. The van der Waals surface area contributed by atoms with Crippen molar-refractivity contribution in [3.05, 3.63) is 35.8 Å². The average Bonchev–Trinajstić information content (AvgIpc) is 3.08. The number of carbonyl (C=O) groups is 1. The van der Waals surface area contributed by atoms with E-state index in [2.05, 4.69) is 25.9 Å². The first-order chi connectivity index (χ1) is 11.5. The first kappa shape index (κ1) is 17.0. The Balaban J connectivity index is 2.30. The van der Waals surface area contributed by atoms with E-state index in [1.165, 1.54) is 18.3 Å². The Morgan fingerprint density at radius 2 is 2.33 bits per heavy atom. The molecule has 9 heteroatoms. The number of hydrogen-bond acceptors (Lipinski definition) is 7. The van der Waals surface area contributed by atoms with E-state index in [0.717, 1.165) is 0 Å². The minimum Gasteiger partial charge on any atom is -0.491 e. The minimum atomic E-state index is -1.06. The maximum absolute atomic E-state index is 11.1. The lowest BCUT2D eigenvalue weighted by molar-refractivity contribution is 0.0697. The Kier molecular flexibility index (Phi) is 5.46. The zero-order chi connectivity index (χ0) is 17.5. The second-order valence-electron chi connectivity index (χ2n) is 5.27. The maximum atomic E-state index is 11.1. The van der Waals surface area contributed by atoms with Gasteiger partial charge in [-0.05, 0) is 29.3 Å². The van der Waals surface area contributed by atoms with Gasteiger partial charge in [-0.3, -0.25) is 0 Å². The number of aromatic nitrogens is 4. The summed E-state index contributed by atoms with van der Waals surface area (Å²) >= 11 is 0. The zero-order valence-electron chi connectivity index (χ0n) is 13.1. The number of benzene rings is 1. The first-order valence-electron chi connectivity index (χ1n) is 7.12. The van der Waals surface area contributed by atoms with Gasteiger partial charge in [0.25, 0.3) is 0 Å². The van der Waals surface area contributed by atoms with E-state index in [9.17, 15) is 4.79 Å². The van der Waals surface area contributed by atoms with Gasteiger partial charge in [0.15, 0.2) is 0 Å². The van der Waals surface area contributed by atoms with Crippen LogP contribution in [-0.2, 0) is 0 Å². The van der Waals surface area contributed by atoms with Gasteiger partial charge in [0.1, 0.15) is 17.4 Å². The van der Waals surface area contributed by atoms with E-state index in [0.29, 0.717) is 24.0 Å². The van der Waals surface area contributed by atoms with E-state index < -0.39 is 5.97 Å². The summed E-state index contributed by atoms with van der Waals surface area (Å²) < 4.78 is 5.67. The molecule has 0 aliphatic heterocycles. The van der Waals surface area contributed by atoms with Crippen molar-refractivity contribution in [3.8, 4) is 11.8 Å². The molecule has 0 aliphatic rings. The number of ether oxygens (including phenoxy) is 1. The Bertz CT molecular complexity index is 777. The van der Waals surface area contributed by atoms with Crippen LogP contribution in [0.4, 0.5) is 5.69 Å². The highest BCUT2D eigenvalue weighted by Crippen LogP contribution is 2.27. The number of nitrogens with zero attached hydrogens (tertiary/aromatic N) is 4. The summed E-state index contributed by atoms with van der Waals surface area (Å²) in [4.78, 5) is 11.1. The Labute approximate surface area is 138 Å². The molecule has 0 atom stereocenters. The van der Waals surface area contributed by atoms with Gasteiger partial charge in [0.2, 0.25) is 5.82 Å². The first-order valence-corrected chi connectivity index (χ1v) is 7.12. The summed E-state index contributed by atoms with van der Waals surface area (Å²) in [5, 5.41) is 34.3. The highest BCUT2D eigenvalue weighted by Gasteiger charge is 2.11. The van der Waals surface area contributed by atoms with Crippen LogP contribution in [0.25, 0.3) is 5.57 Å². The summed E-state index contributed by atoms with van der Waals surface area (Å²) in [5.74, 6) is -0.142. The van der Waals surface area contributed by atoms with Crippen LogP contribution in [0.15, 0.2) is 24.4 Å². The number of aromatic carboxylic acids is 1. The van der Waals surface area contributed by atoms with Crippen molar-refractivity contribution >= 4 is 17.2 Å². The fraction of sp³-hybridized carbons (Fsp3) is 0.267. The second kappa shape index (κ2) is 7.73. The van der Waals surface area contributed by atoms with Gasteiger partial charge in [-0.2, -0.15) is 10.5 Å². The molecule has 0 amide bonds. The van der Waals surface area contributed by atoms with Gasteiger partial charge in [0, 0.05) is 6.20 Å². The predicted octanol–water partition coefficient (Wildman–Crippen LogP) is 1.91. The van der Waals surface area contributed by atoms with Crippen molar-refractivity contribution in [1.82, 2.24) is 20.6 Å². The van der Waals surface area contributed by atoms with E-state index >= 15 is 0 Å². The van der Waals surface area contributed by atoms with Crippen molar-refractivity contribution < 1.29 is 14.6 Å². The second-order valence-corrected chi connectivity index (χ2v) is 5.27. The number of carboxylic acid groups (broad SMARTS) is 1. The zero-order valence-corrected chi connectivity index (χ0v) is 13.1. The van der Waals surface area contributed by atoms with Crippen molar-refractivity contribution in [2.24, 2.45) is 5.92 Å². The normalized spacial score (nSPS) is 11.2. The Hall–Kier alpha value is -3.41. The molecule has 24 heavy (non-hydrogen) atoms. The monoisotopic (exact) mass is 328 g/mol. The van der Waals surface area contributed by atoms with Crippen LogP contribution in [0, 0.1) is 17.2 Å². The quantitative estimate of drug-likeness (QED) is 0.655. The van der Waals surface area contributed by atoms with Crippen LogP contribution in [0.1, 0.15) is 30.0 Å². The topological polar surface area (TPSA) is 137 Å². The highest BCUT2D eigenvalue weighted by atomic mass is 16.5. The molecule has 0 aliphatic carbocycles. The standard InChI is InChI=1S/C15H16N6O3/c1-9(2)8-24-13-4-3-10(15(22)23)5-12(13)17-7-11(6-16)14-18-20-21-19-14/h3-5,7,9,17H,8H2,1-2H3,(H,22,23)(H,18,19,20,21). The number of hydrogen-bond donors (Lipinski definition) is 3. The van der Waals surface area contributed by atoms with E-state index in [-0.39, 0.29) is 17.0 Å². The molecule has 1 aromatic heterocycles. The third-order valence-electron chi connectivity index (χ3n) is 2.88. The lowest BCUT2D eigenvalue weighted by atomic mass is 10.2. The van der Waals surface area contributed by atoms with E-state index in [4.69, 9.17) is 15.1 Å². The van der Waals surface area contributed by atoms with Gasteiger partial charge in [0.05, 0.1) is 17.9 Å². The largest absolute Gasteiger partial charge is 0.491 e. The summed E-state index contributed by atoms with van der Waals surface area (Å²) in [5.41, 5.74) is 0.659. The molecule has 0 unspecified atom stereocenters. The van der Waals surface area contributed by atoms with Gasteiger partial charge >= 0.3 is 5.97 Å². The average molecular weight is 328 g/mol. The Morgan fingerprint density at radius 3 is 2.92 bits per heavy atom. The molecule has 2 aromatic rings. The number of H-pyrrole nitrogens is 1. The highest BCUT2D eigenvalue weighted by molar-refractivity contribution is 5.90. The predicted molar refractivity (Wildman–Crippen MR) is 85.1 cm³/mol. The number of rotatable bonds is 7. The molecule has 0 radical (unpaired) electrons. The van der Waals surface area contributed by atoms with Gasteiger partial charge < -0.3 is 15.2 Å². The number of aromatic amines is 1. The minimum absolute atomic E-state index is 0.0980. The van der Waals surface area contributed by atoms with Crippen molar-refractivity contribution in [3.63, 3.8) is 0 Å². The fourth-order valence-electron chi connectivity index (χ4n) is 1.73. The third kappa shape index (κ3) is 4.30. The molecule has 0 bridgehead atoms. The molecule has 0 spiro atoms. The molecule has 1 heterocycles.